The SMILES string of the molecule is COc1cc(NC(C)c2ccc(C)c(F)c2)c(Br)cc1Br. The lowest BCUT2D eigenvalue weighted by Gasteiger charge is -2.18. The van der Waals surface area contributed by atoms with E-state index >= 15 is 0 Å². The second-order valence-electron chi connectivity index (χ2n) is 4.84. The Morgan fingerprint density at radius 3 is 2.48 bits per heavy atom. The highest BCUT2D eigenvalue weighted by Gasteiger charge is 2.12. The van der Waals surface area contributed by atoms with E-state index in [9.17, 15) is 4.39 Å². The molecule has 0 bridgehead atoms. The van der Waals surface area contributed by atoms with Gasteiger partial charge in [-0.3, -0.25) is 0 Å². The molecule has 0 fully saturated rings. The molecule has 0 saturated carbocycles. The zero-order valence-electron chi connectivity index (χ0n) is 12.0. The summed E-state index contributed by atoms with van der Waals surface area (Å²) in [6, 6.07) is 9.08. The average molecular weight is 417 g/mol. The Labute approximate surface area is 141 Å². The first-order chi connectivity index (χ1) is 9.92. The molecule has 0 heterocycles. The van der Waals surface area contributed by atoms with Crippen LogP contribution in [-0.4, -0.2) is 7.11 Å². The summed E-state index contributed by atoms with van der Waals surface area (Å²) < 4.78 is 20.7. The van der Waals surface area contributed by atoms with E-state index < -0.39 is 0 Å². The van der Waals surface area contributed by atoms with Gasteiger partial charge in [0.1, 0.15) is 11.6 Å². The molecule has 0 aliphatic rings. The van der Waals surface area contributed by atoms with Crippen LogP contribution in [0.4, 0.5) is 10.1 Å². The summed E-state index contributed by atoms with van der Waals surface area (Å²) in [4.78, 5) is 0. The van der Waals surface area contributed by atoms with Crippen molar-refractivity contribution in [2.45, 2.75) is 19.9 Å². The highest BCUT2D eigenvalue weighted by molar-refractivity contribution is 9.11. The standard InChI is InChI=1S/C16H16Br2FNO/c1-9-4-5-11(6-14(9)19)10(2)20-15-8-16(21-3)13(18)7-12(15)17/h4-8,10,20H,1-3H3. The Morgan fingerprint density at radius 1 is 1.14 bits per heavy atom. The van der Waals surface area contributed by atoms with Gasteiger partial charge in [-0.2, -0.15) is 0 Å². The molecule has 0 saturated heterocycles. The van der Waals surface area contributed by atoms with E-state index in [2.05, 4.69) is 37.2 Å². The molecule has 0 radical (unpaired) electrons. The van der Waals surface area contributed by atoms with E-state index in [1.807, 2.05) is 25.1 Å². The maximum atomic E-state index is 13.7. The normalized spacial score (nSPS) is 12.1. The maximum absolute atomic E-state index is 13.7. The number of nitrogens with one attached hydrogen (secondary N) is 1. The third kappa shape index (κ3) is 3.77. The third-order valence-electron chi connectivity index (χ3n) is 3.31. The van der Waals surface area contributed by atoms with Gasteiger partial charge in [0.15, 0.2) is 0 Å². The number of benzene rings is 2. The Hall–Kier alpha value is -1.07. The fraction of sp³-hybridized carbons (Fsp3) is 0.250. The first-order valence-electron chi connectivity index (χ1n) is 6.48. The molecule has 0 aromatic heterocycles. The highest BCUT2D eigenvalue weighted by atomic mass is 79.9. The van der Waals surface area contributed by atoms with Crippen LogP contribution in [0.2, 0.25) is 0 Å². The predicted octanol–water partition coefficient (Wildman–Crippen LogP) is 5.84. The number of anilines is 1. The molecule has 2 rings (SSSR count). The number of methoxy groups -OCH3 is 1. The molecule has 2 nitrogen and oxygen atoms in total. The summed E-state index contributed by atoms with van der Waals surface area (Å²) in [5.41, 5.74) is 2.44. The van der Waals surface area contributed by atoms with Crippen molar-refractivity contribution >= 4 is 37.5 Å². The lowest BCUT2D eigenvalue weighted by atomic mass is 10.1. The number of aryl methyl sites for hydroxylation is 1. The molecule has 1 atom stereocenters. The van der Waals surface area contributed by atoms with E-state index in [-0.39, 0.29) is 11.9 Å². The minimum absolute atomic E-state index is 0.0257. The molecule has 21 heavy (non-hydrogen) atoms. The largest absolute Gasteiger partial charge is 0.495 e. The molecular weight excluding hydrogens is 401 g/mol. The van der Waals surface area contributed by atoms with Crippen LogP contribution in [0.15, 0.2) is 39.3 Å². The lowest BCUT2D eigenvalue weighted by Crippen LogP contribution is -2.08. The van der Waals surface area contributed by atoms with Gasteiger partial charge in [0, 0.05) is 16.6 Å². The van der Waals surface area contributed by atoms with Crippen molar-refractivity contribution in [3.05, 3.63) is 56.2 Å². The number of hydrogen-bond donors (Lipinski definition) is 1. The Morgan fingerprint density at radius 2 is 1.86 bits per heavy atom. The van der Waals surface area contributed by atoms with Gasteiger partial charge in [0.05, 0.1) is 17.3 Å². The second-order valence-corrected chi connectivity index (χ2v) is 6.55. The number of rotatable bonds is 4. The van der Waals surface area contributed by atoms with E-state index in [0.29, 0.717) is 5.56 Å². The quantitative estimate of drug-likeness (QED) is 0.675. The monoisotopic (exact) mass is 415 g/mol. The first-order valence-corrected chi connectivity index (χ1v) is 8.06. The molecule has 2 aromatic carbocycles. The summed E-state index contributed by atoms with van der Waals surface area (Å²) in [6.45, 7) is 3.75. The van der Waals surface area contributed by atoms with Crippen LogP contribution in [0.5, 0.6) is 5.75 Å². The molecule has 1 N–H and O–H groups in total. The van der Waals surface area contributed by atoms with Crippen molar-refractivity contribution < 1.29 is 9.13 Å². The van der Waals surface area contributed by atoms with Crippen LogP contribution in [0.1, 0.15) is 24.1 Å². The van der Waals surface area contributed by atoms with Crippen molar-refractivity contribution in [2.75, 3.05) is 12.4 Å². The average Bonchev–Trinajstić information content (AvgIpc) is 2.44. The van der Waals surface area contributed by atoms with Gasteiger partial charge in [-0.05, 0) is 69.0 Å². The molecule has 5 heteroatoms. The van der Waals surface area contributed by atoms with Gasteiger partial charge >= 0.3 is 0 Å². The van der Waals surface area contributed by atoms with Gasteiger partial charge in [0.2, 0.25) is 0 Å². The fourth-order valence-corrected chi connectivity index (χ4v) is 3.26. The number of ether oxygens (including phenoxy) is 1. The molecule has 2 aromatic rings. The molecule has 0 aliphatic carbocycles. The number of halogens is 3. The van der Waals surface area contributed by atoms with Crippen molar-refractivity contribution in [3.63, 3.8) is 0 Å². The smallest absolute Gasteiger partial charge is 0.135 e. The van der Waals surface area contributed by atoms with Crippen molar-refractivity contribution in [2.24, 2.45) is 0 Å². The molecule has 0 amide bonds. The summed E-state index contributed by atoms with van der Waals surface area (Å²) in [5, 5.41) is 3.36. The van der Waals surface area contributed by atoms with E-state index in [1.54, 1.807) is 26.2 Å². The van der Waals surface area contributed by atoms with E-state index in [4.69, 9.17) is 4.74 Å². The van der Waals surface area contributed by atoms with Crippen LogP contribution >= 0.6 is 31.9 Å². The molecule has 0 spiro atoms. The maximum Gasteiger partial charge on any atom is 0.135 e. The Bertz CT molecular complexity index is 661. The van der Waals surface area contributed by atoms with E-state index in [1.165, 1.54) is 0 Å². The van der Waals surface area contributed by atoms with Gasteiger partial charge in [-0.1, -0.05) is 12.1 Å². The Balaban J connectivity index is 2.26. The third-order valence-corrected chi connectivity index (χ3v) is 4.59. The molecule has 112 valence electrons. The van der Waals surface area contributed by atoms with Gasteiger partial charge in [0.25, 0.3) is 0 Å². The van der Waals surface area contributed by atoms with Gasteiger partial charge < -0.3 is 10.1 Å². The van der Waals surface area contributed by atoms with Crippen LogP contribution in [0, 0.1) is 12.7 Å². The van der Waals surface area contributed by atoms with Crippen LogP contribution in [0.3, 0.4) is 0 Å². The fourth-order valence-electron chi connectivity index (χ4n) is 1.99. The molecular formula is C16H16Br2FNO. The van der Waals surface area contributed by atoms with Gasteiger partial charge in [-0.25, -0.2) is 4.39 Å². The molecule has 0 aliphatic heterocycles. The van der Waals surface area contributed by atoms with Gasteiger partial charge in [-0.15, -0.1) is 0 Å². The summed E-state index contributed by atoms with van der Waals surface area (Å²) in [6.07, 6.45) is 0. The van der Waals surface area contributed by atoms with Crippen molar-refractivity contribution in [1.82, 2.24) is 0 Å². The zero-order valence-corrected chi connectivity index (χ0v) is 15.2. The predicted molar refractivity (Wildman–Crippen MR) is 91.6 cm³/mol. The Kier molecular flexibility index (Phi) is 5.27. The number of hydrogen-bond acceptors (Lipinski definition) is 2. The topological polar surface area (TPSA) is 21.3 Å². The van der Waals surface area contributed by atoms with Crippen LogP contribution in [-0.2, 0) is 0 Å². The van der Waals surface area contributed by atoms with Crippen LogP contribution < -0.4 is 10.1 Å². The van der Waals surface area contributed by atoms with E-state index in [0.717, 1.165) is 25.9 Å². The molecule has 1 unspecified atom stereocenters. The van der Waals surface area contributed by atoms with Crippen molar-refractivity contribution in [1.29, 1.82) is 0 Å². The zero-order chi connectivity index (χ0) is 15.6. The summed E-state index contributed by atoms with van der Waals surface area (Å²) in [5.74, 6) is 0.552. The minimum atomic E-state index is -0.186. The summed E-state index contributed by atoms with van der Waals surface area (Å²) >= 11 is 6.95. The summed E-state index contributed by atoms with van der Waals surface area (Å²) in [7, 11) is 1.62. The second kappa shape index (κ2) is 6.79. The van der Waals surface area contributed by atoms with Crippen molar-refractivity contribution in [3.8, 4) is 5.75 Å². The van der Waals surface area contributed by atoms with Crippen LogP contribution in [0.25, 0.3) is 0 Å². The minimum Gasteiger partial charge on any atom is -0.495 e. The highest BCUT2D eigenvalue weighted by Crippen LogP contribution is 2.36. The first kappa shape index (κ1) is 16.3. The lowest BCUT2D eigenvalue weighted by molar-refractivity contribution is 0.412.